The molecule has 0 bridgehead atoms. The van der Waals surface area contributed by atoms with Crippen molar-refractivity contribution < 1.29 is 9.53 Å². The molecule has 5 rings (SSSR count). The third-order valence-corrected chi connectivity index (χ3v) is 6.13. The zero-order valence-electron chi connectivity index (χ0n) is 19.3. The van der Waals surface area contributed by atoms with E-state index in [0.717, 1.165) is 50.3 Å². The number of methoxy groups -OCH3 is 1. The first-order valence-electron chi connectivity index (χ1n) is 11.0. The van der Waals surface area contributed by atoms with E-state index in [0.29, 0.717) is 12.0 Å². The quantitative estimate of drug-likeness (QED) is 0.289. The number of ether oxygens (including phenoxy) is 1. The van der Waals surface area contributed by atoms with Gasteiger partial charge >= 0.3 is 0 Å². The lowest BCUT2D eigenvalue weighted by Crippen LogP contribution is -2.17. The highest BCUT2D eigenvalue weighted by atomic mass is 16.5. The van der Waals surface area contributed by atoms with Crippen LogP contribution in [-0.2, 0) is 13.5 Å². The standard InChI is InChI=1S/C27H25N5O2/c1-17-22(21-6-4-5-7-25(21)32(17)2)16-28-31-27(33)19-10-13-23-24(15-19)30-26(29-23)14-18-8-11-20(34-3)12-9-18/h4-13,15-16H,14H2,1-3H3,(H,29,30)(H,31,33)/b28-16-. The predicted octanol–water partition coefficient (Wildman–Crippen LogP) is 4.73. The van der Waals surface area contributed by atoms with Gasteiger partial charge in [-0.3, -0.25) is 4.79 Å². The zero-order chi connectivity index (χ0) is 23.7. The summed E-state index contributed by atoms with van der Waals surface area (Å²) in [6.07, 6.45) is 2.37. The molecule has 7 heteroatoms. The summed E-state index contributed by atoms with van der Waals surface area (Å²) in [6.45, 7) is 2.04. The zero-order valence-corrected chi connectivity index (χ0v) is 19.3. The molecule has 2 heterocycles. The number of hydrogen-bond donors (Lipinski definition) is 2. The minimum absolute atomic E-state index is 0.276. The first-order valence-corrected chi connectivity index (χ1v) is 11.0. The Hall–Kier alpha value is -4.39. The maximum Gasteiger partial charge on any atom is 0.271 e. The Kier molecular flexibility index (Phi) is 5.59. The smallest absolute Gasteiger partial charge is 0.271 e. The summed E-state index contributed by atoms with van der Waals surface area (Å²) in [5.41, 5.74) is 9.11. The van der Waals surface area contributed by atoms with Gasteiger partial charge in [0.25, 0.3) is 5.91 Å². The van der Waals surface area contributed by atoms with Gasteiger partial charge in [0.05, 0.1) is 24.4 Å². The van der Waals surface area contributed by atoms with Gasteiger partial charge in [0.1, 0.15) is 11.6 Å². The molecule has 0 fully saturated rings. The maximum atomic E-state index is 12.7. The molecule has 2 N–H and O–H groups in total. The van der Waals surface area contributed by atoms with Crippen molar-refractivity contribution in [2.75, 3.05) is 7.11 Å². The van der Waals surface area contributed by atoms with Gasteiger partial charge in [-0.25, -0.2) is 10.4 Å². The number of nitrogens with one attached hydrogen (secondary N) is 2. The molecular weight excluding hydrogens is 426 g/mol. The number of aromatic amines is 1. The first kappa shape index (κ1) is 21.5. The molecule has 0 atom stereocenters. The molecule has 0 aliphatic heterocycles. The predicted molar refractivity (Wildman–Crippen MR) is 135 cm³/mol. The van der Waals surface area contributed by atoms with E-state index in [2.05, 4.69) is 37.2 Å². The second kappa shape index (κ2) is 8.86. The monoisotopic (exact) mass is 451 g/mol. The summed E-state index contributed by atoms with van der Waals surface area (Å²) in [7, 11) is 3.67. The number of carbonyl (C=O) groups excluding carboxylic acids is 1. The van der Waals surface area contributed by atoms with Crippen molar-refractivity contribution in [1.29, 1.82) is 0 Å². The average Bonchev–Trinajstić information content (AvgIpc) is 3.37. The molecule has 2 aromatic heterocycles. The molecule has 3 aromatic carbocycles. The number of rotatable bonds is 6. The SMILES string of the molecule is COc1ccc(Cc2nc3ccc(C(=O)N/N=C\c4c(C)n(C)c5ccccc45)cc3[nH]2)cc1. The van der Waals surface area contributed by atoms with E-state index < -0.39 is 0 Å². The summed E-state index contributed by atoms with van der Waals surface area (Å²) in [6, 6.07) is 21.4. The van der Waals surface area contributed by atoms with Gasteiger partial charge in [-0.1, -0.05) is 30.3 Å². The number of hydrazone groups is 1. The maximum absolute atomic E-state index is 12.7. The molecule has 0 saturated carbocycles. The number of carbonyl (C=O) groups is 1. The Morgan fingerprint density at radius 3 is 2.74 bits per heavy atom. The Bertz CT molecular complexity index is 1530. The molecule has 7 nitrogen and oxygen atoms in total. The Balaban J connectivity index is 1.31. The number of fused-ring (bicyclic) bond motifs is 2. The molecule has 5 aromatic rings. The van der Waals surface area contributed by atoms with E-state index in [1.165, 1.54) is 0 Å². The van der Waals surface area contributed by atoms with Crippen LogP contribution in [0.2, 0.25) is 0 Å². The van der Waals surface area contributed by atoms with E-state index in [-0.39, 0.29) is 5.91 Å². The number of aromatic nitrogens is 3. The molecule has 0 aliphatic carbocycles. The summed E-state index contributed by atoms with van der Waals surface area (Å²) < 4.78 is 7.33. The van der Waals surface area contributed by atoms with E-state index in [9.17, 15) is 4.79 Å². The molecule has 1 amide bonds. The van der Waals surface area contributed by atoms with Crippen molar-refractivity contribution >= 4 is 34.1 Å². The van der Waals surface area contributed by atoms with Gasteiger partial charge in [-0.2, -0.15) is 5.10 Å². The Morgan fingerprint density at radius 2 is 1.94 bits per heavy atom. The number of hydrogen-bond acceptors (Lipinski definition) is 4. The Labute approximate surface area is 197 Å². The summed E-state index contributed by atoms with van der Waals surface area (Å²) in [5, 5.41) is 5.32. The summed E-state index contributed by atoms with van der Waals surface area (Å²) >= 11 is 0. The van der Waals surface area contributed by atoms with Crippen molar-refractivity contribution in [3.8, 4) is 5.75 Å². The second-order valence-electron chi connectivity index (χ2n) is 8.21. The molecule has 0 radical (unpaired) electrons. The molecular formula is C27H25N5O2. The minimum Gasteiger partial charge on any atom is -0.497 e. The molecule has 170 valence electrons. The molecule has 0 spiro atoms. The molecule has 34 heavy (non-hydrogen) atoms. The summed E-state index contributed by atoms with van der Waals surface area (Å²) in [4.78, 5) is 20.7. The van der Waals surface area contributed by atoms with Gasteiger partial charge in [0, 0.05) is 41.2 Å². The Morgan fingerprint density at radius 1 is 1.15 bits per heavy atom. The van der Waals surface area contributed by atoms with Crippen molar-refractivity contribution in [3.63, 3.8) is 0 Å². The van der Waals surface area contributed by atoms with Crippen LogP contribution >= 0.6 is 0 Å². The number of H-pyrrole nitrogens is 1. The topological polar surface area (TPSA) is 84.3 Å². The average molecular weight is 452 g/mol. The highest BCUT2D eigenvalue weighted by molar-refractivity contribution is 6.02. The van der Waals surface area contributed by atoms with Crippen LogP contribution in [0, 0.1) is 6.92 Å². The fourth-order valence-electron chi connectivity index (χ4n) is 4.16. The van der Waals surface area contributed by atoms with Crippen LogP contribution < -0.4 is 10.2 Å². The normalized spacial score (nSPS) is 11.5. The highest BCUT2D eigenvalue weighted by Crippen LogP contribution is 2.23. The van der Waals surface area contributed by atoms with Gasteiger partial charge < -0.3 is 14.3 Å². The van der Waals surface area contributed by atoms with Crippen LogP contribution in [0.15, 0.2) is 71.8 Å². The number of para-hydroxylation sites is 1. The van der Waals surface area contributed by atoms with E-state index in [1.807, 2.05) is 56.4 Å². The second-order valence-corrected chi connectivity index (χ2v) is 8.21. The van der Waals surface area contributed by atoms with Crippen LogP contribution in [0.3, 0.4) is 0 Å². The van der Waals surface area contributed by atoms with E-state index in [4.69, 9.17) is 4.74 Å². The molecule has 0 saturated heterocycles. The van der Waals surface area contributed by atoms with Crippen molar-refractivity contribution in [2.45, 2.75) is 13.3 Å². The lowest BCUT2D eigenvalue weighted by molar-refractivity contribution is 0.0955. The van der Waals surface area contributed by atoms with Crippen LogP contribution in [0.5, 0.6) is 5.75 Å². The van der Waals surface area contributed by atoms with Crippen LogP contribution in [0.1, 0.15) is 33.0 Å². The number of aryl methyl sites for hydroxylation is 1. The number of imidazole rings is 1. The van der Waals surface area contributed by atoms with Crippen molar-refractivity contribution in [2.24, 2.45) is 12.1 Å². The van der Waals surface area contributed by atoms with E-state index in [1.54, 1.807) is 25.5 Å². The van der Waals surface area contributed by atoms with Crippen LogP contribution in [-0.4, -0.2) is 33.8 Å². The lowest BCUT2D eigenvalue weighted by atomic mass is 10.1. The number of amides is 1. The van der Waals surface area contributed by atoms with Gasteiger partial charge in [0.2, 0.25) is 0 Å². The van der Waals surface area contributed by atoms with Crippen molar-refractivity contribution in [1.82, 2.24) is 20.0 Å². The number of benzene rings is 3. The van der Waals surface area contributed by atoms with Gasteiger partial charge in [0.15, 0.2) is 0 Å². The third kappa shape index (κ3) is 4.03. The fourth-order valence-corrected chi connectivity index (χ4v) is 4.16. The van der Waals surface area contributed by atoms with Gasteiger partial charge in [-0.15, -0.1) is 0 Å². The lowest BCUT2D eigenvalue weighted by Gasteiger charge is -2.01. The van der Waals surface area contributed by atoms with E-state index >= 15 is 0 Å². The highest BCUT2D eigenvalue weighted by Gasteiger charge is 2.11. The summed E-state index contributed by atoms with van der Waals surface area (Å²) in [5.74, 6) is 1.38. The van der Waals surface area contributed by atoms with Crippen molar-refractivity contribution in [3.05, 3.63) is 94.9 Å². The fraction of sp³-hybridized carbons (Fsp3) is 0.148. The van der Waals surface area contributed by atoms with Crippen LogP contribution in [0.25, 0.3) is 21.9 Å². The minimum atomic E-state index is -0.276. The van der Waals surface area contributed by atoms with Crippen LogP contribution in [0.4, 0.5) is 0 Å². The molecule has 0 unspecified atom stereocenters. The number of nitrogens with zero attached hydrogens (tertiary/aromatic N) is 3. The molecule has 0 aliphatic rings. The largest absolute Gasteiger partial charge is 0.497 e. The third-order valence-electron chi connectivity index (χ3n) is 6.13. The first-order chi connectivity index (χ1) is 16.5. The van der Waals surface area contributed by atoms with Gasteiger partial charge in [-0.05, 0) is 48.9 Å².